The molecule has 4 nitrogen and oxygen atoms in total. The summed E-state index contributed by atoms with van der Waals surface area (Å²) in [7, 11) is 2.19. The molecule has 0 saturated carbocycles. The summed E-state index contributed by atoms with van der Waals surface area (Å²) in [6.07, 6.45) is 3.80. The van der Waals surface area contributed by atoms with Crippen LogP contribution in [0.5, 0.6) is 0 Å². The van der Waals surface area contributed by atoms with Gasteiger partial charge >= 0.3 is 0 Å². The number of fused-ring (bicyclic) bond motifs is 1. The molecule has 2 saturated heterocycles. The molecule has 2 aliphatic rings. The first-order chi connectivity index (χ1) is 9.61. The van der Waals surface area contributed by atoms with Crippen molar-refractivity contribution in [3.05, 3.63) is 24.2 Å². The standard InChI is InChI=1S/C16H26N2O2/c1-12(2)17(3)9-15-7-13-8-18(11-16(13)20-15)10-14-5-4-6-19-14/h4-6,12-13,15-16H,7-11H2,1-3H3/t13-,15-,16+/m1/s1. The number of likely N-dealkylation sites (tertiary alicyclic amines) is 1. The Balaban J connectivity index is 1.47. The van der Waals surface area contributed by atoms with Crippen molar-refractivity contribution in [2.45, 2.75) is 45.1 Å². The maximum absolute atomic E-state index is 6.24. The van der Waals surface area contributed by atoms with Crippen molar-refractivity contribution in [1.82, 2.24) is 9.80 Å². The molecule has 0 radical (unpaired) electrons. The Kier molecular flexibility index (Phi) is 4.15. The van der Waals surface area contributed by atoms with Crippen molar-refractivity contribution in [3.63, 3.8) is 0 Å². The molecule has 4 heteroatoms. The molecule has 0 amide bonds. The van der Waals surface area contributed by atoms with Crippen LogP contribution in [-0.4, -0.2) is 54.7 Å². The van der Waals surface area contributed by atoms with Crippen molar-refractivity contribution in [2.24, 2.45) is 5.92 Å². The average molecular weight is 278 g/mol. The Morgan fingerprint density at radius 3 is 2.90 bits per heavy atom. The number of hydrogen-bond acceptors (Lipinski definition) is 4. The van der Waals surface area contributed by atoms with Gasteiger partial charge in [-0.25, -0.2) is 0 Å². The fraction of sp³-hybridized carbons (Fsp3) is 0.750. The van der Waals surface area contributed by atoms with Gasteiger partial charge in [-0.2, -0.15) is 0 Å². The molecule has 2 aliphatic heterocycles. The third-order valence-electron chi connectivity index (χ3n) is 4.72. The van der Waals surface area contributed by atoms with Gasteiger partial charge in [0.25, 0.3) is 0 Å². The number of hydrogen-bond donors (Lipinski definition) is 0. The van der Waals surface area contributed by atoms with Gasteiger partial charge in [-0.1, -0.05) is 0 Å². The molecule has 3 heterocycles. The first-order valence-electron chi connectivity index (χ1n) is 7.72. The Bertz CT molecular complexity index is 404. The average Bonchev–Trinajstić information content (AvgIpc) is 3.05. The van der Waals surface area contributed by atoms with E-state index in [2.05, 4.69) is 36.8 Å². The second-order valence-corrected chi connectivity index (χ2v) is 6.60. The Labute approximate surface area is 121 Å². The Hall–Kier alpha value is -0.840. The van der Waals surface area contributed by atoms with Crippen molar-refractivity contribution in [3.8, 4) is 0 Å². The molecule has 1 aromatic heterocycles. The largest absolute Gasteiger partial charge is 0.468 e. The van der Waals surface area contributed by atoms with Crippen LogP contribution in [0.4, 0.5) is 0 Å². The zero-order chi connectivity index (χ0) is 14.1. The van der Waals surface area contributed by atoms with Gasteiger partial charge in [-0.15, -0.1) is 0 Å². The van der Waals surface area contributed by atoms with E-state index in [9.17, 15) is 0 Å². The highest BCUT2D eigenvalue weighted by Gasteiger charge is 2.42. The number of rotatable bonds is 5. The Morgan fingerprint density at radius 2 is 2.25 bits per heavy atom. The third kappa shape index (κ3) is 3.08. The van der Waals surface area contributed by atoms with Gasteiger partial charge in [-0.3, -0.25) is 4.90 Å². The lowest BCUT2D eigenvalue weighted by atomic mass is 10.0. The molecule has 2 fully saturated rings. The zero-order valence-electron chi connectivity index (χ0n) is 12.8. The number of furan rings is 1. The lowest BCUT2D eigenvalue weighted by Crippen LogP contribution is -2.35. The Morgan fingerprint density at radius 1 is 1.40 bits per heavy atom. The van der Waals surface area contributed by atoms with Gasteiger partial charge in [-0.05, 0) is 39.4 Å². The normalized spacial score (nSPS) is 30.6. The van der Waals surface area contributed by atoms with Crippen molar-refractivity contribution < 1.29 is 9.15 Å². The number of likely N-dealkylation sites (N-methyl/N-ethyl adjacent to an activating group) is 1. The van der Waals surface area contributed by atoms with Crippen LogP contribution < -0.4 is 0 Å². The van der Waals surface area contributed by atoms with E-state index in [4.69, 9.17) is 9.15 Å². The lowest BCUT2D eigenvalue weighted by molar-refractivity contribution is 0.0167. The molecular formula is C16H26N2O2. The van der Waals surface area contributed by atoms with Crippen LogP contribution in [-0.2, 0) is 11.3 Å². The quantitative estimate of drug-likeness (QED) is 0.826. The molecular weight excluding hydrogens is 252 g/mol. The van der Waals surface area contributed by atoms with Crippen LogP contribution in [0.15, 0.2) is 22.8 Å². The molecule has 3 rings (SSSR count). The smallest absolute Gasteiger partial charge is 0.117 e. The van der Waals surface area contributed by atoms with E-state index in [1.807, 2.05) is 6.07 Å². The minimum Gasteiger partial charge on any atom is -0.468 e. The van der Waals surface area contributed by atoms with Crippen molar-refractivity contribution in [1.29, 1.82) is 0 Å². The summed E-state index contributed by atoms with van der Waals surface area (Å²) in [6, 6.07) is 4.60. The van der Waals surface area contributed by atoms with Gasteiger partial charge in [0, 0.05) is 31.6 Å². The van der Waals surface area contributed by atoms with E-state index < -0.39 is 0 Å². The topological polar surface area (TPSA) is 28.9 Å². The van der Waals surface area contributed by atoms with Crippen LogP contribution in [0.3, 0.4) is 0 Å². The van der Waals surface area contributed by atoms with E-state index in [0.717, 1.165) is 31.9 Å². The molecule has 0 spiro atoms. The van der Waals surface area contributed by atoms with E-state index >= 15 is 0 Å². The molecule has 0 aliphatic carbocycles. The van der Waals surface area contributed by atoms with E-state index in [-0.39, 0.29) is 0 Å². The van der Waals surface area contributed by atoms with Crippen LogP contribution in [0.2, 0.25) is 0 Å². The summed E-state index contributed by atoms with van der Waals surface area (Å²) in [5.41, 5.74) is 0. The van der Waals surface area contributed by atoms with Crippen molar-refractivity contribution >= 4 is 0 Å². The van der Waals surface area contributed by atoms with Gasteiger partial charge in [0.05, 0.1) is 25.0 Å². The van der Waals surface area contributed by atoms with E-state index in [1.165, 1.54) is 6.42 Å². The maximum Gasteiger partial charge on any atom is 0.117 e. The maximum atomic E-state index is 6.24. The summed E-state index contributed by atoms with van der Waals surface area (Å²) >= 11 is 0. The summed E-state index contributed by atoms with van der Waals surface area (Å²) in [6.45, 7) is 8.64. The fourth-order valence-electron chi connectivity index (χ4n) is 3.35. The highest BCUT2D eigenvalue weighted by molar-refractivity contribution is 5.00. The molecule has 0 aromatic carbocycles. The SMILES string of the molecule is CC(C)N(C)C[C@H]1C[C@@H]2CN(Cc3ccco3)C[C@@H]2O1. The lowest BCUT2D eigenvalue weighted by Gasteiger charge is -2.25. The minimum atomic E-state index is 0.420. The first-order valence-corrected chi connectivity index (χ1v) is 7.72. The van der Waals surface area contributed by atoms with Crippen LogP contribution >= 0.6 is 0 Å². The van der Waals surface area contributed by atoms with Gasteiger partial charge < -0.3 is 14.1 Å². The zero-order valence-corrected chi connectivity index (χ0v) is 12.8. The van der Waals surface area contributed by atoms with E-state index in [1.54, 1.807) is 6.26 Å². The summed E-state index contributed by atoms with van der Waals surface area (Å²) < 4.78 is 11.7. The molecule has 0 N–H and O–H groups in total. The second-order valence-electron chi connectivity index (χ2n) is 6.60. The van der Waals surface area contributed by atoms with Crippen LogP contribution in [0.1, 0.15) is 26.0 Å². The molecule has 3 atom stereocenters. The second kappa shape index (κ2) is 5.88. The van der Waals surface area contributed by atoms with Gasteiger partial charge in [0.2, 0.25) is 0 Å². The molecule has 0 unspecified atom stereocenters. The number of ether oxygens (including phenoxy) is 1. The summed E-state index contributed by atoms with van der Waals surface area (Å²) in [4.78, 5) is 4.84. The predicted molar refractivity (Wildman–Crippen MR) is 78.5 cm³/mol. The summed E-state index contributed by atoms with van der Waals surface area (Å²) in [5.74, 6) is 1.76. The molecule has 20 heavy (non-hydrogen) atoms. The molecule has 112 valence electrons. The van der Waals surface area contributed by atoms with Crippen molar-refractivity contribution in [2.75, 3.05) is 26.7 Å². The van der Waals surface area contributed by atoms with Gasteiger partial charge in [0.15, 0.2) is 0 Å². The third-order valence-corrected chi connectivity index (χ3v) is 4.72. The van der Waals surface area contributed by atoms with Crippen LogP contribution in [0.25, 0.3) is 0 Å². The monoisotopic (exact) mass is 278 g/mol. The van der Waals surface area contributed by atoms with E-state index in [0.29, 0.717) is 24.2 Å². The molecule has 1 aromatic rings. The minimum absolute atomic E-state index is 0.420. The molecule has 0 bridgehead atoms. The van der Waals surface area contributed by atoms with Gasteiger partial charge in [0.1, 0.15) is 5.76 Å². The highest BCUT2D eigenvalue weighted by Crippen LogP contribution is 2.34. The highest BCUT2D eigenvalue weighted by atomic mass is 16.5. The fourth-order valence-corrected chi connectivity index (χ4v) is 3.35. The number of nitrogens with zero attached hydrogens (tertiary/aromatic N) is 2. The van der Waals surface area contributed by atoms with Crippen LogP contribution in [0, 0.1) is 5.92 Å². The first kappa shape index (κ1) is 14.1. The predicted octanol–water partition coefficient (Wildman–Crippen LogP) is 2.21. The summed E-state index contributed by atoms with van der Waals surface area (Å²) in [5, 5.41) is 0.